The van der Waals surface area contributed by atoms with Gasteiger partial charge in [0.25, 0.3) is 0 Å². The van der Waals surface area contributed by atoms with E-state index in [9.17, 15) is 9.90 Å². The Morgan fingerprint density at radius 3 is 1.33 bits per heavy atom. The van der Waals surface area contributed by atoms with E-state index in [1.165, 1.54) is 19.2 Å². The summed E-state index contributed by atoms with van der Waals surface area (Å²) in [4.78, 5) is 12.4. The lowest BCUT2D eigenvalue weighted by Gasteiger charge is -2.28. The van der Waals surface area contributed by atoms with Crippen LogP contribution in [0.1, 0.15) is 0 Å². The van der Waals surface area contributed by atoms with Gasteiger partial charge in [-0.1, -0.05) is 145 Å². The Kier molecular flexibility index (Phi) is 10.2. The maximum absolute atomic E-state index is 16.0. The zero-order valence-electron chi connectivity index (χ0n) is 26.2. The number of methoxy groups -OCH3 is 1. The predicted octanol–water partition coefficient (Wildman–Crippen LogP) is 7.20. The van der Waals surface area contributed by atoms with Gasteiger partial charge in [0.05, 0.1) is 17.2 Å². The van der Waals surface area contributed by atoms with Crippen molar-refractivity contribution in [1.29, 1.82) is 0 Å². The Morgan fingerprint density at radius 2 is 0.939 bits per heavy atom. The van der Waals surface area contributed by atoms with Crippen molar-refractivity contribution in [3.05, 3.63) is 156 Å². The Hall–Kier alpha value is -4.57. The van der Waals surface area contributed by atoms with E-state index in [2.05, 4.69) is 0 Å². The molecule has 0 aliphatic carbocycles. The first-order chi connectivity index (χ1) is 23.7. The fourth-order valence-electron chi connectivity index (χ4n) is 5.85. The van der Waals surface area contributed by atoms with E-state index in [0.29, 0.717) is 21.2 Å². The fourth-order valence-corrected chi connectivity index (χ4v) is 11.9. The highest BCUT2D eigenvalue weighted by Gasteiger charge is 2.40. The van der Waals surface area contributed by atoms with E-state index < -0.39 is 32.6 Å². The molecule has 0 atom stereocenters. The largest absolute Gasteiger partial charge is 0.506 e. The van der Waals surface area contributed by atoms with Crippen LogP contribution in [0.4, 0.5) is 0 Å². The molecule has 6 aromatic carbocycles. The van der Waals surface area contributed by atoms with Crippen LogP contribution in [0.15, 0.2) is 146 Å². The zero-order valence-corrected chi connectivity index (χ0v) is 29.5. The number of phenols is 1. The summed E-state index contributed by atoms with van der Waals surface area (Å²) in [6, 6.07) is 41.9. The van der Waals surface area contributed by atoms with Crippen LogP contribution >= 0.6 is 37.5 Å². The first-order valence-corrected chi connectivity index (χ1v) is 19.4. The molecule has 0 spiro atoms. The smallest absolute Gasteiger partial charge is 0.343 e. The molecule has 0 unspecified atom stereocenters. The van der Waals surface area contributed by atoms with Gasteiger partial charge < -0.3 is 23.7 Å². The van der Waals surface area contributed by atoms with Gasteiger partial charge in [-0.05, 0) is 24.3 Å². The maximum atomic E-state index is 16.0. The van der Waals surface area contributed by atoms with Crippen molar-refractivity contribution in [2.75, 3.05) is 13.7 Å². The summed E-state index contributed by atoms with van der Waals surface area (Å²) in [5.74, 6) is -1.19. The second-order valence-corrected chi connectivity index (χ2v) is 17.3. The number of esters is 1. The molecule has 0 heterocycles. The molecule has 0 aromatic heterocycles. The van der Waals surface area contributed by atoms with Gasteiger partial charge in [0, 0.05) is 43.0 Å². The molecule has 246 valence electrons. The lowest BCUT2D eigenvalue weighted by molar-refractivity contribution is -0.142. The average molecular weight is 728 g/mol. The third kappa shape index (κ3) is 6.34. The zero-order chi connectivity index (χ0) is 34.6. The minimum absolute atomic E-state index is 0.00740. The van der Waals surface area contributed by atoms with E-state index in [-0.39, 0.29) is 37.5 Å². The van der Waals surface area contributed by atoms with Crippen LogP contribution in [0.2, 0.25) is 10.0 Å². The summed E-state index contributed by atoms with van der Waals surface area (Å²) < 4.78 is 42.8. The summed E-state index contributed by atoms with van der Waals surface area (Å²) in [6.45, 7) is -0.556. The molecule has 0 aliphatic rings. The third-order valence-corrected chi connectivity index (χ3v) is 15.0. The molecule has 0 bridgehead atoms. The van der Waals surface area contributed by atoms with Crippen LogP contribution in [-0.2, 0) is 18.7 Å². The molecule has 0 saturated carbocycles. The lowest BCUT2D eigenvalue weighted by Crippen LogP contribution is -2.30. The Labute approximate surface area is 294 Å². The van der Waals surface area contributed by atoms with Crippen LogP contribution in [0.3, 0.4) is 0 Å². The van der Waals surface area contributed by atoms with E-state index in [1.807, 2.05) is 24.3 Å². The molecule has 6 aromatic rings. The van der Waals surface area contributed by atoms with Gasteiger partial charge >= 0.3 is 5.97 Å². The van der Waals surface area contributed by atoms with Crippen LogP contribution < -0.4 is 36.6 Å². The Bertz CT molecular complexity index is 2130. The van der Waals surface area contributed by atoms with Crippen molar-refractivity contribution in [3.63, 3.8) is 0 Å². The van der Waals surface area contributed by atoms with Gasteiger partial charge in [-0.15, -0.1) is 0 Å². The topological polar surface area (TPSA) is 89.9 Å². The number of hydrogen-bond donors (Lipinski definition) is 1. The number of rotatable bonds is 10. The monoisotopic (exact) mass is 726 g/mol. The predicted molar refractivity (Wildman–Crippen MR) is 200 cm³/mol. The van der Waals surface area contributed by atoms with Crippen molar-refractivity contribution in [2.24, 2.45) is 0 Å². The Balaban J connectivity index is 1.81. The van der Waals surface area contributed by atoms with Crippen LogP contribution in [0.25, 0.3) is 11.1 Å². The number of hydrogen-bond acceptors (Lipinski definition) is 6. The molecule has 6 rings (SSSR count). The van der Waals surface area contributed by atoms with Crippen LogP contribution in [-0.4, -0.2) is 24.8 Å². The molecule has 0 aliphatic heterocycles. The highest BCUT2D eigenvalue weighted by Crippen LogP contribution is 2.54. The second-order valence-electron chi connectivity index (χ2n) is 11.0. The standard InChI is InChI=1S/C39H30Cl2O6P2/c1-46-35(42)26-47-39-32(41)23-25-34(49(45,29-18-10-4-11-19-29)30-20-12-5-13-21-30)37(39)36-33(24-22-31(40)38(36)43)48(44,27-14-6-2-7-15-27)28-16-8-3-9-17-28/h2-25,43H,26H2,1H3. The molecule has 10 heteroatoms. The molecule has 0 fully saturated rings. The van der Waals surface area contributed by atoms with Crippen molar-refractivity contribution >= 4 is 75.3 Å². The van der Waals surface area contributed by atoms with Crippen LogP contribution in [0, 0.1) is 0 Å². The van der Waals surface area contributed by atoms with Gasteiger partial charge in [0.15, 0.2) is 20.9 Å². The first kappa shape index (κ1) is 34.3. The van der Waals surface area contributed by atoms with Crippen molar-refractivity contribution in [1.82, 2.24) is 0 Å². The molecule has 0 radical (unpaired) electrons. The average Bonchev–Trinajstić information content (AvgIpc) is 3.16. The summed E-state index contributed by atoms with van der Waals surface area (Å²) in [7, 11) is -6.43. The fraction of sp³-hybridized carbons (Fsp3) is 0.0513. The summed E-state index contributed by atoms with van der Waals surface area (Å²) in [5, 5.41) is 14.4. The van der Waals surface area contributed by atoms with Crippen molar-refractivity contribution in [3.8, 4) is 22.6 Å². The van der Waals surface area contributed by atoms with Gasteiger partial charge in [-0.2, -0.15) is 0 Å². The van der Waals surface area contributed by atoms with Crippen LogP contribution in [0.5, 0.6) is 11.5 Å². The molecule has 1 N–H and O–H groups in total. The van der Waals surface area contributed by atoms with E-state index in [4.69, 9.17) is 32.7 Å². The Morgan fingerprint density at radius 1 is 0.571 bits per heavy atom. The molecule has 6 nitrogen and oxygen atoms in total. The van der Waals surface area contributed by atoms with Gasteiger partial charge in [-0.25, -0.2) is 4.79 Å². The first-order valence-electron chi connectivity index (χ1n) is 15.2. The summed E-state index contributed by atoms with van der Waals surface area (Å²) in [6.07, 6.45) is 0. The number of carbonyl (C=O) groups excluding carboxylic acids is 1. The lowest BCUT2D eigenvalue weighted by atomic mass is 10.0. The number of phenolic OH excluding ortho intramolecular Hbond substituents is 1. The van der Waals surface area contributed by atoms with Crippen molar-refractivity contribution in [2.45, 2.75) is 0 Å². The quantitative estimate of drug-likeness (QED) is 0.119. The van der Waals surface area contributed by atoms with E-state index >= 15 is 9.13 Å². The number of halogens is 2. The van der Waals surface area contributed by atoms with Crippen molar-refractivity contribution < 1.29 is 28.5 Å². The van der Waals surface area contributed by atoms with E-state index in [1.54, 1.807) is 109 Å². The SMILES string of the molecule is COC(=O)COc1c(Cl)ccc(P(=O)(c2ccccc2)c2ccccc2)c1-c1c(P(=O)(c2ccccc2)c2ccccc2)ccc(Cl)c1O. The number of carbonyl (C=O) groups is 1. The molecule has 0 amide bonds. The summed E-state index contributed by atoms with van der Waals surface area (Å²) in [5.41, 5.74) is 0.0857. The third-order valence-electron chi connectivity index (χ3n) is 8.16. The highest BCUT2D eigenvalue weighted by molar-refractivity contribution is 7.86. The van der Waals surface area contributed by atoms with E-state index in [0.717, 1.165) is 0 Å². The second kappa shape index (κ2) is 14.5. The minimum atomic E-state index is -3.83. The summed E-state index contributed by atoms with van der Waals surface area (Å²) >= 11 is 13.5. The molecular formula is C39H30Cl2O6P2. The van der Waals surface area contributed by atoms with Gasteiger partial charge in [-0.3, -0.25) is 0 Å². The highest BCUT2D eigenvalue weighted by atomic mass is 35.5. The number of benzene rings is 6. The molecule has 0 saturated heterocycles. The maximum Gasteiger partial charge on any atom is 0.343 e. The molecule has 49 heavy (non-hydrogen) atoms. The number of ether oxygens (including phenoxy) is 2. The van der Waals surface area contributed by atoms with Gasteiger partial charge in [0.2, 0.25) is 0 Å². The molecular weight excluding hydrogens is 697 g/mol. The normalized spacial score (nSPS) is 11.6. The number of aromatic hydroxyl groups is 1. The minimum Gasteiger partial charge on any atom is -0.506 e. The van der Waals surface area contributed by atoms with Gasteiger partial charge in [0.1, 0.15) is 11.5 Å².